The average Bonchev–Trinajstić information content (AvgIpc) is 2.58. The first kappa shape index (κ1) is 18.2. The molecule has 0 spiro atoms. The Morgan fingerprint density at radius 2 is 2.00 bits per heavy atom. The van der Waals surface area contributed by atoms with Crippen molar-refractivity contribution >= 4 is 35.9 Å². The van der Waals surface area contributed by atoms with Gasteiger partial charge in [-0.05, 0) is 18.6 Å². The zero-order valence-corrected chi connectivity index (χ0v) is 13.9. The van der Waals surface area contributed by atoms with Crippen molar-refractivity contribution in [2.24, 2.45) is 0 Å². The van der Waals surface area contributed by atoms with Gasteiger partial charge in [-0.2, -0.15) is 0 Å². The van der Waals surface area contributed by atoms with Crippen LogP contribution in [0.15, 0.2) is 18.3 Å². The van der Waals surface area contributed by atoms with E-state index in [4.69, 9.17) is 0 Å². The highest BCUT2D eigenvalue weighted by Gasteiger charge is 2.28. The first-order chi connectivity index (χ1) is 11.1. The molecule has 0 aliphatic carbocycles. The number of nitrogens with zero attached hydrogens (tertiary/aromatic N) is 2. The van der Waals surface area contributed by atoms with Gasteiger partial charge >= 0.3 is 0 Å². The molecule has 0 aromatic carbocycles. The predicted molar refractivity (Wildman–Crippen MR) is 90.2 cm³/mol. The van der Waals surface area contributed by atoms with Crippen molar-refractivity contribution in [1.82, 2.24) is 20.9 Å². The monoisotopic (exact) mass is 353 g/mol. The molecule has 1 atom stereocenters. The Bertz CT molecular complexity index is 616. The number of amides is 3. The molecule has 24 heavy (non-hydrogen) atoms. The largest absolute Gasteiger partial charge is 0.354 e. The molecule has 2 fully saturated rings. The number of nitrogens with one attached hydrogen (secondary N) is 3. The fraction of sp³-hybridized carbons (Fsp3) is 0.467. The Morgan fingerprint density at radius 1 is 1.25 bits per heavy atom. The number of carbonyl (C=O) groups is 3. The maximum absolute atomic E-state index is 12.2. The van der Waals surface area contributed by atoms with Gasteiger partial charge in [0.2, 0.25) is 11.8 Å². The summed E-state index contributed by atoms with van der Waals surface area (Å²) >= 11 is 0. The fourth-order valence-corrected chi connectivity index (χ4v) is 2.67. The maximum Gasteiger partial charge on any atom is 0.253 e. The lowest BCUT2D eigenvalue weighted by Crippen LogP contribution is -2.52. The molecule has 0 radical (unpaired) electrons. The lowest BCUT2D eigenvalue weighted by Gasteiger charge is -2.28. The van der Waals surface area contributed by atoms with Crippen LogP contribution in [0.1, 0.15) is 23.2 Å². The summed E-state index contributed by atoms with van der Waals surface area (Å²) in [6.45, 7) is 3.60. The number of anilines is 1. The third-order valence-electron chi connectivity index (χ3n) is 4.00. The maximum atomic E-state index is 12.2. The predicted octanol–water partition coefficient (Wildman–Crippen LogP) is -0.552. The second-order valence-electron chi connectivity index (χ2n) is 5.62. The molecule has 3 heterocycles. The van der Waals surface area contributed by atoms with Gasteiger partial charge in [-0.25, -0.2) is 4.98 Å². The Kier molecular flexibility index (Phi) is 6.10. The van der Waals surface area contributed by atoms with E-state index >= 15 is 0 Å². The van der Waals surface area contributed by atoms with Crippen molar-refractivity contribution in [2.75, 3.05) is 31.1 Å². The Morgan fingerprint density at radius 3 is 2.62 bits per heavy atom. The number of piperidine rings is 1. The third-order valence-corrected chi connectivity index (χ3v) is 4.00. The summed E-state index contributed by atoms with van der Waals surface area (Å²) in [6.07, 6.45) is 2.07. The van der Waals surface area contributed by atoms with Crippen LogP contribution in [0.5, 0.6) is 0 Å². The topological polar surface area (TPSA) is 103 Å². The van der Waals surface area contributed by atoms with Crippen molar-refractivity contribution in [1.29, 1.82) is 0 Å². The van der Waals surface area contributed by atoms with Crippen molar-refractivity contribution in [3.8, 4) is 0 Å². The highest BCUT2D eigenvalue weighted by molar-refractivity contribution is 6.03. The van der Waals surface area contributed by atoms with Crippen LogP contribution in [-0.4, -0.2) is 54.9 Å². The van der Waals surface area contributed by atoms with Crippen molar-refractivity contribution in [3.63, 3.8) is 0 Å². The summed E-state index contributed by atoms with van der Waals surface area (Å²) in [6, 6.07) is 2.84. The number of imide groups is 1. The SMILES string of the molecule is Cl.O=C1CCC(NC(=O)c2ccc(N3CCNCC3)nc2)C(=O)N1. The standard InChI is InChI=1S/C15H19N5O3.ClH/c21-13-4-2-11(15(23)19-13)18-14(22)10-1-3-12(17-9-10)20-7-5-16-6-8-20;/h1,3,9,11,16H,2,4-8H2,(H,18,22)(H,19,21,23);1H. The van der Waals surface area contributed by atoms with Gasteiger partial charge in [0.25, 0.3) is 5.91 Å². The van der Waals surface area contributed by atoms with Gasteiger partial charge in [-0.3, -0.25) is 19.7 Å². The van der Waals surface area contributed by atoms with E-state index in [-0.39, 0.29) is 30.6 Å². The molecule has 1 aromatic rings. The molecule has 1 unspecified atom stereocenters. The zero-order chi connectivity index (χ0) is 16.2. The summed E-state index contributed by atoms with van der Waals surface area (Å²) in [4.78, 5) is 41.4. The van der Waals surface area contributed by atoms with Gasteiger partial charge in [0.05, 0.1) is 5.56 Å². The molecular formula is C15H20ClN5O3. The Balaban J connectivity index is 0.00000208. The molecule has 2 saturated heterocycles. The van der Waals surface area contributed by atoms with Gasteiger partial charge in [0.15, 0.2) is 0 Å². The molecule has 1 aromatic heterocycles. The van der Waals surface area contributed by atoms with Crippen LogP contribution in [0.3, 0.4) is 0 Å². The number of carbonyl (C=O) groups excluding carboxylic acids is 3. The number of hydrogen-bond acceptors (Lipinski definition) is 6. The highest BCUT2D eigenvalue weighted by atomic mass is 35.5. The first-order valence-corrected chi connectivity index (χ1v) is 7.70. The molecule has 0 saturated carbocycles. The number of rotatable bonds is 3. The Hall–Kier alpha value is -2.19. The molecule has 3 N–H and O–H groups in total. The van der Waals surface area contributed by atoms with Crippen LogP contribution < -0.4 is 20.9 Å². The third kappa shape index (κ3) is 4.21. The minimum atomic E-state index is -0.673. The molecule has 3 rings (SSSR count). The summed E-state index contributed by atoms with van der Waals surface area (Å²) in [5.74, 6) is -0.287. The second kappa shape index (κ2) is 8.07. The van der Waals surface area contributed by atoms with Crippen LogP contribution in [0.4, 0.5) is 5.82 Å². The highest BCUT2D eigenvalue weighted by Crippen LogP contribution is 2.12. The molecular weight excluding hydrogens is 334 g/mol. The van der Waals surface area contributed by atoms with E-state index < -0.39 is 11.9 Å². The Labute approximate surface area is 145 Å². The van der Waals surface area contributed by atoms with Crippen LogP contribution in [0.2, 0.25) is 0 Å². The molecule has 2 aliphatic rings. The number of pyridine rings is 1. The summed E-state index contributed by atoms with van der Waals surface area (Å²) in [5.41, 5.74) is 0.397. The van der Waals surface area contributed by atoms with E-state index in [0.717, 1.165) is 32.0 Å². The normalized spacial score (nSPS) is 20.8. The average molecular weight is 354 g/mol. The van der Waals surface area contributed by atoms with Crippen LogP contribution in [-0.2, 0) is 9.59 Å². The van der Waals surface area contributed by atoms with E-state index in [0.29, 0.717) is 12.0 Å². The molecule has 3 amide bonds. The second-order valence-corrected chi connectivity index (χ2v) is 5.62. The molecule has 0 bridgehead atoms. The van der Waals surface area contributed by atoms with Crippen molar-refractivity contribution in [2.45, 2.75) is 18.9 Å². The number of halogens is 1. The van der Waals surface area contributed by atoms with E-state index in [1.54, 1.807) is 6.07 Å². The summed E-state index contributed by atoms with van der Waals surface area (Å²) < 4.78 is 0. The van der Waals surface area contributed by atoms with Gasteiger partial charge in [-0.15, -0.1) is 12.4 Å². The summed E-state index contributed by atoms with van der Waals surface area (Å²) in [5, 5.41) is 8.13. The molecule has 8 nitrogen and oxygen atoms in total. The number of hydrogen-bond donors (Lipinski definition) is 3. The fourth-order valence-electron chi connectivity index (χ4n) is 2.67. The van der Waals surface area contributed by atoms with E-state index in [9.17, 15) is 14.4 Å². The smallest absolute Gasteiger partial charge is 0.253 e. The van der Waals surface area contributed by atoms with E-state index in [2.05, 4.69) is 25.8 Å². The van der Waals surface area contributed by atoms with E-state index in [1.807, 2.05) is 6.07 Å². The lowest BCUT2D eigenvalue weighted by atomic mass is 10.1. The first-order valence-electron chi connectivity index (χ1n) is 7.70. The lowest BCUT2D eigenvalue weighted by molar-refractivity contribution is -0.134. The molecule has 9 heteroatoms. The van der Waals surface area contributed by atoms with Gasteiger partial charge in [-0.1, -0.05) is 0 Å². The van der Waals surface area contributed by atoms with Crippen molar-refractivity contribution < 1.29 is 14.4 Å². The molecule has 130 valence electrons. The van der Waals surface area contributed by atoms with Crippen molar-refractivity contribution in [3.05, 3.63) is 23.9 Å². The van der Waals surface area contributed by atoms with Crippen LogP contribution >= 0.6 is 12.4 Å². The number of piperazine rings is 1. The van der Waals surface area contributed by atoms with Gasteiger partial charge in [0.1, 0.15) is 11.9 Å². The zero-order valence-electron chi connectivity index (χ0n) is 13.1. The van der Waals surface area contributed by atoms with Crippen LogP contribution in [0, 0.1) is 0 Å². The van der Waals surface area contributed by atoms with Gasteiger partial charge in [0, 0.05) is 38.8 Å². The minimum absolute atomic E-state index is 0. The number of aromatic nitrogens is 1. The van der Waals surface area contributed by atoms with Gasteiger partial charge < -0.3 is 15.5 Å². The van der Waals surface area contributed by atoms with E-state index in [1.165, 1.54) is 6.20 Å². The quantitative estimate of drug-likeness (QED) is 0.630. The minimum Gasteiger partial charge on any atom is -0.354 e. The van der Waals surface area contributed by atoms with Crippen LogP contribution in [0.25, 0.3) is 0 Å². The molecule has 2 aliphatic heterocycles. The summed E-state index contributed by atoms with van der Waals surface area (Å²) in [7, 11) is 0.